The van der Waals surface area contributed by atoms with Gasteiger partial charge < -0.3 is 10.1 Å². The van der Waals surface area contributed by atoms with Crippen molar-refractivity contribution in [2.24, 2.45) is 0 Å². The number of rotatable bonds is 6. The van der Waals surface area contributed by atoms with Crippen molar-refractivity contribution in [3.8, 4) is 5.75 Å². The Labute approximate surface area is 166 Å². The third kappa shape index (κ3) is 4.61. The molecule has 0 spiro atoms. The minimum atomic E-state index is -4.06. The van der Waals surface area contributed by atoms with Crippen LogP contribution in [0.1, 0.15) is 0 Å². The normalized spacial score (nSPS) is 11.5. The zero-order valence-electron chi connectivity index (χ0n) is 13.8. The van der Waals surface area contributed by atoms with E-state index in [0.717, 1.165) is 4.31 Å². The lowest BCUT2D eigenvalue weighted by Gasteiger charge is -2.19. The van der Waals surface area contributed by atoms with Crippen LogP contribution in [0.15, 0.2) is 41.3 Å². The van der Waals surface area contributed by atoms with Crippen molar-refractivity contribution >= 4 is 56.4 Å². The molecule has 0 aliphatic rings. The predicted octanol–water partition coefficient (Wildman–Crippen LogP) is 3.91. The highest BCUT2D eigenvalue weighted by Crippen LogP contribution is 2.31. The molecule has 0 aromatic heterocycles. The number of anilines is 1. The third-order valence-electron chi connectivity index (χ3n) is 3.39. The molecule has 26 heavy (non-hydrogen) atoms. The Kier molecular flexibility index (Phi) is 6.76. The largest absolute Gasteiger partial charge is 0.495 e. The quantitative estimate of drug-likeness (QED) is 0.743. The van der Waals surface area contributed by atoms with Gasteiger partial charge in [-0.05, 0) is 30.3 Å². The molecule has 0 fully saturated rings. The van der Waals surface area contributed by atoms with Crippen molar-refractivity contribution in [3.63, 3.8) is 0 Å². The fourth-order valence-corrected chi connectivity index (χ4v) is 4.52. The highest BCUT2D eigenvalue weighted by Gasteiger charge is 2.28. The molecule has 6 nitrogen and oxygen atoms in total. The lowest BCUT2D eigenvalue weighted by atomic mass is 10.3. The monoisotopic (exact) mass is 436 g/mol. The van der Waals surface area contributed by atoms with Crippen molar-refractivity contribution < 1.29 is 17.9 Å². The van der Waals surface area contributed by atoms with E-state index in [1.165, 1.54) is 38.4 Å². The van der Waals surface area contributed by atoms with Crippen LogP contribution in [0.2, 0.25) is 15.1 Å². The van der Waals surface area contributed by atoms with Crippen LogP contribution < -0.4 is 10.1 Å². The molecule has 2 aromatic rings. The summed E-state index contributed by atoms with van der Waals surface area (Å²) in [6.45, 7) is -0.459. The zero-order valence-corrected chi connectivity index (χ0v) is 16.9. The maximum Gasteiger partial charge on any atom is 0.246 e. The van der Waals surface area contributed by atoms with E-state index in [1.54, 1.807) is 12.1 Å². The van der Waals surface area contributed by atoms with Gasteiger partial charge in [-0.15, -0.1) is 0 Å². The smallest absolute Gasteiger partial charge is 0.246 e. The molecule has 0 unspecified atom stereocenters. The molecule has 0 bridgehead atoms. The molecule has 1 N–H and O–H groups in total. The number of methoxy groups -OCH3 is 1. The molecule has 0 aliphatic carbocycles. The molecule has 0 heterocycles. The van der Waals surface area contributed by atoms with Crippen LogP contribution >= 0.6 is 34.8 Å². The van der Waals surface area contributed by atoms with Gasteiger partial charge in [-0.25, -0.2) is 8.42 Å². The van der Waals surface area contributed by atoms with E-state index < -0.39 is 22.5 Å². The van der Waals surface area contributed by atoms with Crippen LogP contribution in [-0.2, 0) is 14.8 Å². The lowest BCUT2D eigenvalue weighted by Crippen LogP contribution is -2.35. The van der Waals surface area contributed by atoms with E-state index in [-0.39, 0.29) is 14.9 Å². The van der Waals surface area contributed by atoms with E-state index in [4.69, 9.17) is 39.5 Å². The van der Waals surface area contributed by atoms with Crippen molar-refractivity contribution in [1.82, 2.24) is 4.31 Å². The van der Waals surface area contributed by atoms with Crippen LogP contribution in [0.3, 0.4) is 0 Å². The average Bonchev–Trinajstić information content (AvgIpc) is 2.54. The van der Waals surface area contributed by atoms with Gasteiger partial charge in [0.2, 0.25) is 15.9 Å². The molecule has 0 atom stereocenters. The minimum Gasteiger partial charge on any atom is -0.495 e. The predicted molar refractivity (Wildman–Crippen MR) is 103 cm³/mol. The van der Waals surface area contributed by atoms with E-state index >= 15 is 0 Å². The number of benzene rings is 2. The molecule has 140 valence electrons. The molecular formula is C16H15Cl3N2O4S. The Morgan fingerprint density at radius 1 is 1.15 bits per heavy atom. The number of hydrogen-bond acceptors (Lipinski definition) is 4. The maximum atomic E-state index is 12.7. The van der Waals surface area contributed by atoms with Gasteiger partial charge in [0.25, 0.3) is 0 Å². The molecule has 0 saturated heterocycles. The number of nitrogens with zero attached hydrogens (tertiary/aromatic N) is 1. The molecule has 1 amide bonds. The van der Waals surface area contributed by atoms with Crippen LogP contribution in [0.4, 0.5) is 5.69 Å². The highest BCUT2D eigenvalue weighted by atomic mass is 35.5. The van der Waals surface area contributed by atoms with Crippen molar-refractivity contribution in [1.29, 1.82) is 0 Å². The number of halogens is 3. The standard InChI is InChI=1S/C16H15Cl3N2O4S/c1-21(26(23,24)16-11(18)4-3-5-12(16)19)9-15(22)20-13-8-10(17)6-7-14(13)25-2/h3-8H,9H2,1-2H3,(H,20,22). The fourth-order valence-electron chi connectivity index (χ4n) is 2.14. The number of amides is 1. The Morgan fingerprint density at radius 3 is 2.35 bits per heavy atom. The summed E-state index contributed by atoms with van der Waals surface area (Å²) in [5, 5.41) is 2.91. The first-order valence-corrected chi connectivity index (χ1v) is 9.78. The van der Waals surface area contributed by atoms with Gasteiger partial charge in [0.05, 0.1) is 29.4 Å². The SMILES string of the molecule is COc1ccc(Cl)cc1NC(=O)CN(C)S(=O)(=O)c1c(Cl)cccc1Cl. The van der Waals surface area contributed by atoms with Crippen LogP contribution in [0.5, 0.6) is 5.75 Å². The van der Waals surface area contributed by atoms with Gasteiger partial charge in [0.1, 0.15) is 10.6 Å². The summed E-state index contributed by atoms with van der Waals surface area (Å²) in [6.07, 6.45) is 0. The number of likely N-dealkylation sites (N-methyl/N-ethyl adjacent to an activating group) is 1. The molecule has 0 radical (unpaired) electrons. The van der Waals surface area contributed by atoms with Gasteiger partial charge in [0, 0.05) is 12.1 Å². The number of nitrogens with one attached hydrogen (secondary N) is 1. The lowest BCUT2D eigenvalue weighted by molar-refractivity contribution is -0.116. The van der Waals surface area contributed by atoms with E-state index in [1.807, 2.05) is 0 Å². The van der Waals surface area contributed by atoms with E-state index in [2.05, 4.69) is 5.32 Å². The van der Waals surface area contributed by atoms with E-state index in [0.29, 0.717) is 16.5 Å². The van der Waals surface area contributed by atoms with Gasteiger partial charge >= 0.3 is 0 Å². The molecular weight excluding hydrogens is 423 g/mol. The van der Waals surface area contributed by atoms with Crippen molar-refractivity contribution in [2.75, 3.05) is 26.0 Å². The number of ether oxygens (including phenoxy) is 1. The van der Waals surface area contributed by atoms with Gasteiger partial charge in [-0.2, -0.15) is 4.31 Å². The molecule has 2 rings (SSSR count). The molecule has 0 saturated carbocycles. The zero-order chi connectivity index (χ0) is 19.5. The highest BCUT2D eigenvalue weighted by molar-refractivity contribution is 7.89. The summed E-state index contributed by atoms with van der Waals surface area (Å²) in [6, 6.07) is 9.03. The maximum absolute atomic E-state index is 12.7. The molecule has 0 aliphatic heterocycles. The fraction of sp³-hybridized carbons (Fsp3) is 0.188. The van der Waals surface area contributed by atoms with Gasteiger partial charge in [0.15, 0.2) is 0 Å². The van der Waals surface area contributed by atoms with E-state index in [9.17, 15) is 13.2 Å². The first-order chi connectivity index (χ1) is 12.2. The van der Waals surface area contributed by atoms with Crippen LogP contribution in [0.25, 0.3) is 0 Å². The van der Waals surface area contributed by atoms with Crippen LogP contribution in [-0.4, -0.2) is 39.3 Å². The number of sulfonamides is 1. The second-order valence-corrected chi connectivity index (χ2v) is 8.44. The summed E-state index contributed by atoms with van der Waals surface area (Å²) in [5.74, 6) is -0.192. The topological polar surface area (TPSA) is 75.7 Å². The summed E-state index contributed by atoms with van der Waals surface area (Å²) in [7, 11) is -1.37. The Bertz CT molecular complexity index is 915. The summed E-state index contributed by atoms with van der Waals surface area (Å²) in [4.78, 5) is 12.0. The number of hydrogen-bond donors (Lipinski definition) is 1. The Balaban J connectivity index is 2.20. The minimum absolute atomic E-state index is 0.0266. The second-order valence-electron chi connectivity index (χ2n) is 5.20. The molecule has 2 aromatic carbocycles. The Hall–Kier alpha value is -1.51. The first kappa shape index (κ1) is 20.8. The summed E-state index contributed by atoms with van der Waals surface area (Å²) in [5.41, 5.74) is 0.326. The molecule has 10 heteroatoms. The third-order valence-corrected chi connectivity index (χ3v) is 6.38. The summed E-state index contributed by atoms with van der Waals surface area (Å²) < 4.78 is 31.3. The number of carbonyl (C=O) groups excluding carboxylic acids is 1. The average molecular weight is 438 g/mol. The Morgan fingerprint density at radius 2 is 1.77 bits per heavy atom. The van der Waals surface area contributed by atoms with Crippen molar-refractivity contribution in [2.45, 2.75) is 4.90 Å². The van der Waals surface area contributed by atoms with Crippen molar-refractivity contribution in [3.05, 3.63) is 51.5 Å². The van der Waals surface area contributed by atoms with Gasteiger partial charge in [-0.3, -0.25) is 4.79 Å². The first-order valence-electron chi connectivity index (χ1n) is 7.20. The summed E-state index contributed by atoms with van der Waals surface area (Å²) >= 11 is 17.8. The second kappa shape index (κ2) is 8.45. The van der Waals surface area contributed by atoms with Crippen LogP contribution in [0, 0.1) is 0 Å². The number of carbonyl (C=O) groups is 1. The van der Waals surface area contributed by atoms with Gasteiger partial charge in [-0.1, -0.05) is 40.9 Å².